The molecule has 2 heterocycles. The number of aromatic nitrogens is 1. The lowest BCUT2D eigenvalue weighted by atomic mass is 9.78. The molecule has 1 saturated heterocycles. The molecule has 0 spiro atoms. The fourth-order valence-electron chi connectivity index (χ4n) is 3.09. The Balaban J connectivity index is 1.86. The zero-order valence-electron chi connectivity index (χ0n) is 10.7. The van der Waals surface area contributed by atoms with Crippen molar-refractivity contribution in [2.75, 3.05) is 6.54 Å². The van der Waals surface area contributed by atoms with Gasteiger partial charge in [-0.3, -0.25) is 0 Å². The summed E-state index contributed by atoms with van der Waals surface area (Å²) in [5.74, 6) is 0.771. The number of fused-ring (bicyclic) bond motifs is 1. The van der Waals surface area contributed by atoms with Crippen molar-refractivity contribution in [2.45, 2.75) is 31.7 Å². The molecule has 1 aliphatic carbocycles. The molecule has 1 N–H and O–H groups in total. The Morgan fingerprint density at radius 2 is 2.37 bits per heavy atom. The molecular weight excluding hydrogens is 258 g/mol. The third-order valence-electron chi connectivity index (χ3n) is 4.16. The SMILES string of the molecule is N#Cc1cc(C2=CC[C@@H]3CCCN[C@@H]3C2)cnc1Cl. The van der Waals surface area contributed by atoms with Crippen molar-refractivity contribution in [2.24, 2.45) is 5.92 Å². The average Bonchev–Trinajstić information content (AvgIpc) is 2.47. The van der Waals surface area contributed by atoms with Crippen molar-refractivity contribution in [1.29, 1.82) is 5.26 Å². The van der Waals surface area contributed by atoms with E-state index >= 15 is 0 Å². The van der Waals surface area contributed by atoms with Gasteiger partial charge in [0, 0.05) is 12.2 Å². The molecule has 3 nitrogen and oxygen atoms in total. The highest BCUT2D eigenvalue weighted by Gasteiger charge is 2.28. The molecule has 0 bridgehead atoms. The molecule has 0 amide bonds. The van der Waals surface area contributed by atoms with Crippen LogP contribution in [0.2, 0.25) is 5.15 Å². The predicted molar refractivity (Wildman–Crippen MR) is 75.7 cm³/mol. The standard InChI is InChI=1S/C15H16ClN3/c16-15-12(8-17)6-13(9-19-15)11-4-3-10-2-1-5-18-14(10)7-11/h4,6,9-10,14,18H,1-3,5,7H2/t10-,14+/m0/s1. The highest BCUT2D eigenvalue weighted by atomic mass is 35.5. The van der Waals surface area contributed by atoms with Crippen LogP contribution in [0, 0.1) is 17.2 Å². The van der Waals surface area contributed by atoms with Crippen LogP contribution in [0.25, 0.3) is 5.57 Å². The first kappa shape index (κ1) is 12.7. The lowest BCUT2D eigenvalue weighted by Gasteiger charge is -2.36. The summed E-state index contributed by atoms with van der Waals surface area (Å²) in [4.78, 5) is 4.11. The predicted octanol–water partition coefficient (Wildman–Crippen LogP) is 3.15. The summed E-state index contributed by atoms with van der Waals surface area (Å²) in [5, 5.41) is 12.9. The number of rotatable bonds is 1. The van der Waals surface area contributed by atoms with Gasteiger partial charge in [-0.1, -0.05) is 17.7 Å². The highest BCUT2D eigenvalue weighted by molar-refractivity contribution is 6.30. The van der Waals surface area contributed by atoms with Gasteiger partial charge in [-0.25, -0.2) is 4.98 Å². The summed E-state index contributed by atoms with van der Waals surface area (Å²) in [6.45, 7) is 1.12. The Morgan fingerprint density at radius 1 is 1.47 bits per heavy atom. The smallest absolute Gasteiger partial charge is 0.146 e. The Hall–Kier alpha value is -1.37. The number of hydrogen-bond donors (Lipinski definition) is 1. The topological polar surface area (TPSA) is 48.7 Å². The van der Waals surface area contributed by atoms with Crippen LogP contribution in [-0.2, 0) is 0 Å². The van der Waals surface area contributed by atoms with Gasteiger partial charge in [-0.2, -0.15) is 5.26 Å². The molecular formula is C15H16ClN3. The van der Waals surface area contributed by atoms with Crippen molar-refractivity contribution >= 4 is 17.2 Å². The highest BCUT2D eigenvalue weighted by Crippen LogP contribution is 2.34. The lowest BCUT2D eigenvalue weighted by Crippen LogP contribution is -2.42. The molecule has 2 aliphatic rings. The quantitative estimate of drug-likeness (QED) is 0.800. The summed E-state index contributed by atoms with van der Waals surface area (Å²) in [7, 11) is 0. The molecule has 1 aliphatic heterocycles. The Kier molecular flexibility index (Phi) is 3.54. The first-order valence-corrected chi connectivity index (χ1v) is 7.14. The van der Waals surface area contributed by atoms with Crippen molar-refractivity contribution in [3.8, 4) is 6.07 Å². The van der Waals surface area contributed by atoms with Gasteiger partial charge >= 0.3 is 0 Å². The normalized spacial score (nSPS) is 26.2. The van der Waals surface area contributed by atoms with Crippen LogP contribution in [0.15, 0.2) is 18.3 Å². The van der Waals surface area contributed by atoms with Crippen molar-refractivity contribution in [3.05, 3.63) is 34.6 Å². The summed E-state index contributed by atoms with van der Waals surface area (Å²) >= 11 is 5.88. The number of allylic oxidation sites excluding steroid dienone is 1. The van der Waals surface area contributed by atoms with E-state index in [9.17, 15) is 0 Å². The van der Waals surface area contributed by atoms with Gasteiger partial charge in [0.05, 0.1) is 5.56 Å². The van der Waals surface area contributed by atoms with Gasteiger partial charge in [0.1, 0.15) is 11.2 Å². The van der Waals surface area contributed by atoms with E-state index in [0.29, 0.717) is 11.6 Å². The molecule has 0 unspecified atom stereocenters. The third-order valence-corrected chi connectivity index (χ3v) is 4.47. The van der Waals surface area contributed by atoms with E-state index in [1.807, 2.05) is 6.07 Å². The first-order valence-electron chi connectivity index (χ1n) is 6.76. The van der Waals surface area contributed by atoms with Crippen LogP contribution < -0.4 is 5.32 Å². The molecule has 0 radical (unpaired) electrons. The van der Waals surface area contributed by atoms with E-state index in [-0.39, 0.29) is 5.15 Å². The molecule has 4 heteroatoms. The number of nitrogens with zero attached hydrogens (tertiary/aromatic N) is 2. The van der Waals surface area contributed by atoms with Crippen LogP contribution in [0.5, 0.6) is 0 Å². The minimum Gasteiger partial charge on any atom is -0.313 e. The summed E-state index contributed by atoms with van der Waals surface area (Å²) < 4.78 is 0. The second kappa shape index (κ2) is 5.32. The minimum atomic E-state index is 0.288. The van der Waals surface area contributed by atoms with Gasteiger partial charge < -0.3 is 5.32 Å². The summed E-state index contributed by atoms with van der Waals surface area (Å²) in [6, 6.07) is 4.52. The molecule has 3 rings (SSSR count). The molecule has 2 atom stereocenters. The molecule has 1 aromatic rings. The molecule has 1 aromatic heterocycles. The van der Waals surface area contributed by atoms with Crippen LogP contribution >= 0.6 is 11.6 Å². The van der Waals surface area contributed by atoms with E-state index < -0.39 is 0 Å². The largest absolute Gasteiger partial charge is 0.313 e. The molecule has 0 aromatic carbocycles. The lowest BCUT2D eigenvalue weighted by molar-refractivity contribution is 0.278. The van der Waals surface area contributed by atoms with Crippen LogP contribution in [0.4, 0.5) is 0 Å². The van der Waals surface area contributed by atoms with Gasteiger partial charge in [-0.05, 0) is 55.3 Å². The van der Waals surface area contributed by atoms with Crippen molar-refractivity contribution in [1.82, 2.24) is 10.3 Å². The number of pyridine rings is 1. The fraction of sp³-hybridized carbons (Fsp3) is 0.467. The van der Waals surface area contributed by atoms with Crippen LogP contribution in [-0.4, -0.2) is 17.6 Å². The number of hydrogen-bond acceptors (Lipinski definition) is 3. The Bertz CT molecular complexity index is 559. The minimum absolute atomic E-state index is 0.288. The van der Waals surface area contributed by atoms with Crippen LogP contribution in [0.3, 0.4) is 0 Å². The van der Waals surface area contributed by atoms with E-state index in [4.69, 9.17) is 16.9 Å². The molecule has 19 heavy (non-hydrogen) atoms. The van der Waals surface area contributed by atoms with Crippen molar-refractivity contribution in [3.63, 3.8) is 0 Å². The molecule has 98 valence electrons. The van der Waals surface area contributed by atoms with E-state index in [2.05, 4.69) is 22.4 Å². The number of piperidine rings is 1. The zero-order valence-corrected chi connectivity index (χ0v) is 11.5. The van der Waals surface area contributed by atoms with Crippen LogP contribution in [0.1, 0.15) is 36.8 Å². The maximum absolute atomic E-state index is 9.02. The number of nitrogens with one attached hydrogen (secondary N) is 1. The van der Waals surface area contributed by atoms with E-state index in [1.165, 1.54) is 18.4 Å². The molecule has 0 saturated carbocycles. The second-order valence-corrected chi connectivity index (χ2v) is 5.66. The Morgan fingerprint density at radius 3 is 3.21 bits per heavy atom. The first-order chi connectivity index (χ1) is 9.28. The monoisotopic (exact) mass is 273 g/mol. The number of halogens is 1. The molecule has 1 fully saturated rings. The van der Waals surface area contributed by atoms with E-state index in [1.54, 1.807) is 6.20 Å². The van der Waals surface area contributed by atoms with E-state index in [0.717, 1.165) is 30.9 Å². The van der Waals surface area contributed by atoms with Gasteiger partial charge in [0.2, 0.25) is 0 Å². The summed E-state index contributed by atoms with van der Waals surface area (Å²) in [6.07, 6.45) is 8.84. The zero-order chi connectivity index (χ0) is 13.2. The van der Waals surface area contributed by atoms with Gasteiger partial charge in [-0.15, -0.1) is 0 Å². The van der Waals surface area contributed by atoms with Gasteiger partial charge in [0.25, 0.3) is 0 Å². The third kappa shape index (κ3) is 2.51. The van der Waals surface area contributed by atoms with Crippen molar-refractivity contribution < 1.29 is 0 Å². The number of nitriles is 1. The van der Waals surface area contributed by atoms with Gasteiger partial charge in [0.15, 0.2) is 0 Å². The average molecular weight is 274 g/mol. The maximum atomic E-state index is 9.02. The maximum Gasteiger partial charge on any atom is 0.146 e. The second-order valence-electron chi connectivity index (χ2n) is 5.31. The summed E-state index contributed by atoms with van der Waals surface area (Å²) in [5.41, 5.74) is 2.78. The Labute approximate surface area is 118 Å². The fourth-order valence-corrected chi connectivity index (χ4v) is 3.24.